The highest BCUT2D eigenvalue weighted by molar-refractivity contribution is 7.89. The van der Waals surface area contributed by atoms with Crippen LogP contribution in [0.3, 0.4) is 0 Å². The maximum atomic E-state index is 12.2. The molecule has 1 aromatic carbocycles. The Labute approximate surface area is 151 Å². The molecule has 0 bridgehead atoms. The molecule has 1 atom stereocenters. The molecule has 2 aromatic rings. The summed E-state index contributed by atoms with van der Waals surface area (Å²) in [5.41, 5.74) is 0.724. The second-order valence-corrected chi connectivity index (χ2v) is 7.52. The van der Waals surface area contributed by atoms with Crippen molar-refractivity contribution >= 4 is 27.5 Å². The minimum Gasteiger partial charge on any atom is -0.353 e. The van der Waals surface area contributed by atoms with Gasteiger partial charge in [0.1, 0.15) is 6.04 Å². The van der Waals surface area contributed by atoms with Crippen molar-refractivity contribution in [3.63, 3.8) is 0 Å². The van der Waals surface area contributed by atoms with Gasteiger partial charge < -0.3 is 10.6 Å². The quantitative estimate of drug-likeness (QED) is 0.571. The second-order valence-electron chi connectivity index (χ2n) is 5.32. The molecule has 1 aromatic heterocycles. The Balaban J connectivity index is 1.86. The van der Waals surface area contributed by atoms with E-state index in [4.69, 9.17) is 11.6 Å². The van der Waals surface area contributed by atoms with E-state index in [-0.39, 0.29) is 23.9 Å². The molecular formula is C15H20ClN5O3S. The van der Waals surface area contributed by atoms with Crippen molar-refractivity contribution in [3.05, 3.63) is 47.2 Å². The highest BCUT2D eigenvalue weighted by Gasteiger charge is 2.20. The van der Waals surface area contributed by atoms with E-state index in [1.807, 2.05) is 0 Å². The summed E-state index contributed by atoms with van der Waals surface area (Å²) in [6.45, 7) is 0.209. The number of aromatic nitrogens is 2. The highest BCUT2D eigenvalue weighted by atomic mass is 35.5. The van der Waals surface area contributed by atoms with Gasteiger partial charge in [0.05, 0.1) is 11.1 Å². The molecule has 0 saturated carbocycles. The monoisotopic (exact) mass is 385 g/mol. The van der Waals surface area contributed by atoms with Crippen molar-refractivity contribution < 1.29 is 13.2 Å². The maximum absolute atomic E-state index is 12.2. The standard InChI is InChI=1S/C15H20ClN5O3S/c1-17-14(11-9-19-21(2)10-11)15(22)18-6-7-20-25(23,24)13-5-3-4-12(16)8-13/h3-5,8-10,14,17,20H,6-7H2,1-2H3,(H,18,22). The third kappa shape index (κ3) is 5.27. The van der Waals surface area contributed by atoms with E-state index in [9.17, 15) is 13.2 Å². The highest BCUT2D eigenvalue weighted by Crippen LogP contribution is 2.15. The molecule has 0 spiro atoms. The van der Waals surface area contributed by atoms with Gasteiger partial charge in [-0.15, -0.1) is 0 Å². The summed E-state index contributed by atoms with van der Waals surface area (Å²) in [5.74, 6) is -0.266. The number of nitrogens with zero attached hydrogens (tertiary/aromatic N) is 2. The average Bonchev–Trinajstić information content (AvgIpc) is 2.98. The predicted molar refractivity (Wildman–Crippen MR) is 94.7 cm³/mol. The molecule has 0 radical (unpaired) electrons. The van der Waals surface area contributed by atoms with Crippen molar-refractivity contribution in [3.8, 4) is 0 Å². The third-order valence-electron chi connectivity index (χ3n) is 3.43. The van der Waals surface area contributed by atoms with Gasteiger partial charge in [0.15, 0.2) is 0 Å². The molecule has 2 rings (SSSR count). The molecule has 0 fully saturated rings. The normalized spacial score (nSPS) is 12.8. The Morgan fingerprint density at radius 1 is 1.36 bits per heavy atom. The summed E-state index contributed by atoms with van der Waals surface area (Å²) in [7, 11) is -0.242. The van der Waals surface area contributed by atoms with E-state index in [1.54, 1.807) is 43.3 Å². The molecule has 8 nitrogen and oxygen atoms in total. The van der Waals surface area contributed by atoms with Gasteiger partial charge in [0.2, 0.25) is 15.9 Å². The topological polar surface area (TPSA) is 105 Å². The number of sulfonamides is 1. The van der Waals surface area contributed by atoms with Crippen LogP contribution in [0.4, 0.5) is 0 Å². The van der Waals surface area contributed by atoms with Crippen LogP contribution in [0.25, 0.3) is 0 Å². The Hall–Kier alpha value is -1.94. The summed E-state index contributed by atoms with van der Waals surface area (Å²) in [4.78, 5) is 12.3. The molecule has 10 heteroatoms. The van der Waals surface area contributed by atoms with Gasteiger partial charge in [0.25, 0.3) is 0 Å². The number of benzene rings is 1. The molecule has 0 aliphatic heterocycles. The van der Waals surface area contributed by atoms with Gasteiger partial charge >= 0.3 is 0 Å². The Morgan fingerprint density at radius 2 is 2.12 bits per heavy atom. The molecule has 1 heterocycles. The molecule has 25 heavy (non-hydrogen) atoms. The first-order chi connectivity index (χ1) is 11.8. The smallest absolute Gasteiger partial charge is 0.241 e. The van der Waals surface area contributed by atoms with Crippen molar-refractivity contribution in [2.75, 3.05) is 20.1 Å². The number of likely N-dealkylation sites (N-methyl/N-ethyl adjacent to an activating group) is 1. The molecule has 0 aliphatic rings. The number of aryl methyl sites for hydroxylation is 1. The third-order valence-corrected chi connectivity index (χ3v) is 5.13. The summed E-state index contributed by atoms with van der Waals surface area (Å²) in [5, 5.41) is 9.96. The fraction of sp³-hybridized carbons (Fsp3) is 0.333. The molecular weight excluding hydrogens is 366 g/mol. The summed E-state index contributed by atoms with van der Waals surface area (Å²) in [6, 6.07) is 5.41. The largest absolute Gasteiger partial charge is 0.353 e. The number of carbonyl (C=O) groups is 1. The van der Waals surface area contributed by atoms with E-state index in [1.165, 1.54) is 12.1 Å². The van der Waals surface area contributed by atoms with Gasteiger partial charge in [-0.05, 0) is 25.2 Å². The Morgan fingerprint density at radius 3 is 2.72 bits per heavy atom. The maximum Gasteiger partial charge on any atom is 0.241 e. The minimum atomic E-state index is -3.67. The van der Waals surface area contributed by atoms with Crippen molar-refractivity contribution in [2.24, 2.45) is 7.05 Å². The number of hydrogen-bond acceptors (Lipinski definition) is 5. The van der Waals surface area contributed by atoms with Gasteiger partial charge in [-0.3, -0.25) is 9.48 Å². The van der Waals surface area contributed by atoms with E-state index < -0.39 is 16.1 Å². The molecule has 136 valence electrons. The first-order valence-corrected chi connectivity index (χ1v) is 9.38. The van der Waals surface area contributed by atoms with Crippen LogP contribution in [0.5, 0.6) is 0 Å². The number of carbonyl (C=O) groups excluding carboxylic acids is 1. The Kier molecular flexibility index (Phi) is 6.54. The first kappa shape index (κ1) is 19.4. The van der Waals surface area contributed by atoms with Crippen LogP contribution in [0.1, 0.15) is 11.6 Å². The number of rotatable bonds is 8. The van der Waals surface area contributed by atoms with Crippen LogP contribution in [0, 0.1) is 0 Å². The van der Waals surface area contributed by atoms with E-state index in [2.05, 4.69) is 20.5 Å². The van der Waals surface area contributed by atoms with Gasteiger partial charge in [-0.25, -0.2) is 13.1 Å². The molecule has 1 unspecified atom stereocenters. The van der Waals surface area contributed by atoms with E-state index in [0.717, 1.165) is 5.56 Å². The molecule has 0 saturated heterocycles. The lowest BCUT2D eigenvalue weighted by molar-refractivity contribution is -0.123. The van der Waals surface area contributed by atoms with Crippen LogP contribution in [-0.4, -0.2) is 44.2 Å². The summed E-state index contributed by atoms with van der Waals surface area (Å²) in [6.07, 6.45) is 3.34. The number of hydrogen-bond donors (Lipinski definition) is 3. The average molecular weight is 386 g/mol. The lowest BCUT2D eigenvalue weighted by atomic mass is 10.1. The zero-order valence-corrected chi connectivity index (χ0v) is 15.4. The van der Waals surface area contributed by atoms with Crippen molar-refractivity contribution in [1.29, 1.82) is 0 Å². The molecule has 3 N–H and O–H groups in total. The Bertz CT molecular complexity index is 837. The second kappa shape index (κ2) is 8.43. The SMILES string of the molecule is CNC(C(=O)NCCNS(=O)(=O)c1cccc(Cl)c1)c1cnn(C)c1. The van der Waals surface area contributed by atoms with Crippen molar-refractivity contribution in [2.45, 2.75) is 10.9 Å². The first-order valence-electron chi connectivity index (χ1n) is 7.52. The van der Waals surface area contributed by atoms with E-state index in [0.29, 0.717) is 5.02 Å². The number of halogens is 1. The lowest BCUT2D eigenvalue weighted by Gasteiger charge is -2.14. The number of nitrogens with one attached hydrogen (secondary N) is 3. The fourth-order valence-corrected chi connectivity index (χ4v) is 3.56. The van der Waals surface area contributed by atoms with Crippen LogP contribution >= 0.6 is 11.6 Å². The van der Waals surface area contributed by atoms with Crippen LogP contribution in [0.15, 0.2) is 41.6 Å². The molecule has 1 amide bonds. The molecule has 0 aliphatic carbocycles. The van der Waals surface area contributed by atoms with Gasteiger partial charge in [0, 0.05) is 36.9 Å². The van der Waals surface area contributed by atoms with Gasteiger partial charge in [-0.2, -0.15) is 5.10 Å². The van der Waals surface area contributed by atoms with E-state index >= 15 is 0 Å². The zero-order chi connectivity index (χ0) is 18.4. The zero-order valence-electron chi connectivity index (χ0n) is 13.9. The predicted octanol–water partition coefficient (Wildman–Crippen LogP) is 0.429. The summed E-state index contributed by atoms with van der Waals surface area (Å²) >= 11 is 5.80. The van der Waals surface area contributed by atoms with Crippen LogP contribution in [0.2, 0.25) is 5.02 Å². The van der Waals surface area contributed by atoms with Crippen molar-refractivity contribution in [1.82, 2.24) is 25.1 Å². The van der Waals surface area contributed by atoms with Crippen LogP contribution < -0.4 is 15.4 Å². The lowest BCUT2D eigenvalue weighted by Crippen LogP contribution is -2.40. The van der Waals surface area contributed by atoms with Crippen LogP contribution in [-0.2, 0) is 21.9 Å². The van der Waals surface area contributed by atoms with Gasteiger partial charge in [-0.1, -0.05) is 17.7 Å². The minimum absolute atomic E-state index is 0.0596. The fourth-order valence-electron chi connectivity index (χ4n) is 2.23. The summed E-state index contributed by atoms with van der Waals surface area (Å²) < 4.78 is 28.3. The number of amides is 1.